The first-order chi connectivity index (χ1) is 19.9. The van der Waals surface area contributed by atoms with E-state index in [0.29, 0.717) is 52.4 Å². The number of esters is 1. The van der Waals surface area contributed by atoms with Gasteiger partial charge in [-0.2, -0.15) is 5.26 Å². The van der Waals surface area contributed by atoms with Gasteiger partial charge in [0.25, 0.3) is 0 Å². The van der Waals surface area contributed by atoms with Gasteiger partial charge in [-0.1, -0.05) is 54.1 Å². The number of hydrogen-bond donors (Lipinski definition) is 1. The second-order valence-electron chi connectivity index (χ2n) is 9.38. The van der Waals surface area contributed by atoms with Crippen LogP contribution < -0.4 is 24.7 Å². The third-order valence-electron chi connectivity index (χ3n) is 6.67. The minimum absolute atomic E-state index is 0.0200. The molecule has 7 nitrogen and oxygen atoms in total. The highest BCUT2D eigenvalue weighted by Gasteiger charge is 2.32. The quantitative estimate of drug-likeness (QED) is 0.180. The van der Waals surface area contributed by atoms with Gasteiger partial charge < -0.3 is 24.7 Å². The number of benzene rings is 4. The van der Waals surface area contributed by atoms with Crippen molar-refractivity contribution in [3.8, 4) is 29.1 Å². The van der Waals surface area contributed by atoms with Crippen LogP contribution in [-0.2, 0) is 6.61 Å². The number of halogens is 1. The first-order valence-electron chi connectivity index (χ1n) is 13.0. The average Bonchev–Trinajstić information content (AvgIpc) is 2.97. The van der Waals surface area contributed by atoms with Crippen LogP contribution in [0.2, 0.25) is 5.02 Å². The van der Waals surface area contributed by atoms with E-state index in [2.05, 4.69) is 6.07 Å². The summed E-state index contributed by atoms with van der Waals surface area (Å²) in [6, 6.07) is 27.4. The number of nitrogens with zero attached hydrogens (tertiary/aromatic N) is 1. The number of aryl methyl sites for hydroxylation is 1. The molecule has 0 saturated carbocycles. The highest BCUT2D eigenvalue weighted by atomic mass is 35.5. The van der Waals surface area contributed by atoms with Crippen LogP contribution in [0.1, 0.15) is 45.5 Å². The fourth-order valence-corrected chi connectivity index (χ4v) is 4.77. The molecule has 5 rings (SSSR count). The molecule has 1 aliphatic rings. The molecule has 0 radical (unpaired) electrons. The van der Waals surface area contributed by atoms with E-state index in [-0.39, 0.29) is 11.5 Å². The van der Waals surface area contributed by atoms with Crippen LogP contribution in [0.25, 0.3) is 0 Å². The van der Waals surface area contributed by atoms with Crippen LogP contribution in [-0.4, -0.2) is 12.6 Å². The zero-order valence-corrected chi connectivity index (χ0v) is 23.3. The Hall–Kier alpha value is -4.93. The van der Waals surface area contributed by atoms with Crippen LogP contribution in [0.3, 0.4) is 0 Å². The summed E-state index contributed by atoms with van der Waals surface area (Å²) < 4.78 is 23.4. The summed E-state index contributed by atoms with van der Waals surface area (Å²) in [4.78, 5) is 12.8. The van der Waals surface area contributed by atoms with Gasteiger partial charge in [-0.15, -0.1) is 0 Å². The van der Waals surface area contributed by atoms with Crippen molar-refractivity contribution in [2.75, 3.05) is 6.61 Å². The largest absolute Gasteiger partial charge is 0.490 e. The molecule has 1 aliphatic heterocycles. The smallest absolute Gasteiger partial charge is 0.343 e. The molecule has 41 heavy (non-hydrogen) atoms. The molecule has 0 aromatic heterocycles. The number of ether oxygens (including phenoxy) is 4. The number of carbonyl (C=O) groups is 1. The van der Waals surface area contributed by atoms with Gasteiger partial charge in [0.2, 0.25) is 5.88 Å². The van der Waals surface area contributed by atoms with Gasteiger partial charge in [0.05, 0.1) is 18.1 Å². The lowest BCUT2D eigenvalue weighted by Crippen LogP contribution is -2.21. The van der Waals surface area contributed by atoms with Crippen molar-refractivity contribution in [3.05, 3.63) is 129 Å². The molecule has 0 bridgehead atoms. The Labute approximate surface area is 243 Å². The summed E-state index contributed by atoms with van der Waals surface area (Å²) >= 11 is 5.99. The summed E-state index contributed by atoms with van der Waals surface area (Å²) in [5.41, 5.74) is 10.2. The Morgan fingerprint density at radius 2 is 1.78 bits per heavy atom. The minimum atomic E-state index is -0.533. The van der Waals surface area contributed by atoms with Crippen LogP contribution in [0.5, 0.6) is 23.0 Å². The van der Waals surface area contributed by atoms with Crippen molar-refractivity contribution in [2.24, 2.45) is 5.73 Å². The Bertz CT molecular complexity index is 1670. The topological polar surface area (TPSA) is 104 Å². The van der Waals surface area contributed by atoms with Crippen molar-refractivity contribution in [3.63, 3.8) is 0 Å². The molecule has 206 valence electrons. The van der Waals surface area contributed by atoms with Gasteiger partial charge in [0.15, 0.2) is 11.5 Å². The molecular formula is C33H27ClN2O5. The maximum atomic E-state index is 12.8. The Balaban J connectivity index is 1.45. The highest BCUT2D eigenvalue weighted by Crippen LogP contribution is 2.45. The predicted molar refractivity (Wildman–Crippen MR) is 155 cm³/mol. The van der Waals surface area contributed by atoms with Gasteiger partial charge in [0.1, 0.15) is 29.7 Å². The van der Waals surface area contributed by atoms with E-state index in [1.54, 1.807) is 30.3 Å². The molecule has 0 saturated heterocycles. The predicted octanol–water partition coefficient (Wildman–Crippen LogP) is 7.06. The maximum absolute atomic E-state index is 12.8. The normalized spacial score (nSPS) is 14.0. The van der Waals surface area contributed by atoms with E-state index in [1.807, 2.05) is 68.4 Å². The summed E-state index contributed by atoms with van der Waals surface area (Å²) in [7, 11) is 0. The molecule has 4 aromatic carbocycles. The molecule has 1 unspecified atom stereocenters. The van der Waals surface area contributed by atoms with Crippen LogP contribution in [0.4, 0.5) is 0 Å². The van der Waals surface area contributed by atoms with Crippen molar-refractivity contribution in [1.82, 2.24) is 0 Å². The van der Waals surface area contributed by atoms with Gasteiger partial charge in [0, 0.05) is 16.7 Å². The monoisotopic (exact) mass is 566 g/mol. The van der Waals surface area contributed by atoms with Crippen molar-refractivity contribution in [2.45, 2.75) is 26.4 Å². The van der Waals surface area contributed by atoms with Crippen molar-refractivity contribution in [1.29, 1.82) is 5.26 Å². The third-order valence-corrected chi connectivity index (χ3v) is 6.93. The molecule has 1 atom stereocenters. The van der Waals surface area contributed by atoms with Crippen LogP contribution in [0, 0.1) is 18.3 Å². The van der Waals surface area contributed by atoms with Crippen LogP contribution in [0.15, 0.2) is 96.4 Å². The lowest BCUT2D eigenvalue weighted by Gasteiger charge is -2.27. The van der Waals surface area contributed by atoms with Gasteiger partial charge in [-0.05, 0) is 66.9 Å². The molecule has 8 heteroatoms. The second-order valence-corrected chi connectivity index (χ2v) is 9.82. The number of fused-ring (bicyclic) bond motifs is 1. The molecule has 0 amide bonds. The highest BCUT2D eigenvalue weighted by molar-refractivity contribution is 6.30. The number of nitrogens with two attached hydrogens (primary N) is 1. The fraction of sp³-hybridized carbons (Fsp3) is 0.152. The minimum Gasteiger partial charge on any atom is -0.490 e. The van der Waals surface area contributed by atoms with Crippen molar-refractivity contribution < 1.29 is 23.7 Å². The van der Waals surface area contributed by atoms with E-state index < -0.39 is 11.9 Å². The Kier molecular flexibility index (Phi) is 8.14. The first kappa shape index (κ1) is 27.6. The lowest BCUT2D eigenvalue weighted by molar-refractivity contribution is 0.0733. The number of rotatable bonds is 8. The molecule has 4 aromatic rings. The maximum Gasteiger partial charge on any atom is 0.343 e. The first-order valence-corrected chi connectivity index (χ1v) is 13.4. The van der Waals surface area contributed by atoms with E-state index in [1.165, 1.54) is 0 Å². The Morgan fingerprint density at radius 1 is 1.00 bits per heavy atom. The zero-order valence-electron chi connectivity index (χ0n) is 22.5. The van der Waals surface area contributed by atoms with Gasteiger partial charge >= 0.3 is 5.97 Å². The summed E-state index contributed by atoms with van der Waals surface area (Å²) in [5.74, 6) is 0.751. The van der Waals surface area contributed by atoms with Crippen LogP contribution >= 0.6 is 11.6 Å². The second kappa shape index (κ2) is 12.1. The van der Waals surface area contributed by atoms with E-state index in [9.17, 15) is 10.1 Å². The summed E-state index contributed by atoms with van der Waals surface area (Å²) in [6.07, 6.45) is 0. The molecule has 1 heterocycles. The molecule has 2 N–H and O–H groups in total. The lowest BCUT2D eigenvalue weighted by atomic mass is 9.83. The SMILES string of the molecule is CCOc1cc(C2C(C#N)=C(N)Oc3cc(OC(=O)c4ccccc4C)ccc32)ccc1OCc1ccc(Cl)cc1. The molecule has 0 aliphatic carbocycles. The average molecular weight is 567 g/mol. The van der Waals surface area contributed by atoms with E-state index in [4.69, 9.17) is 36.3 Å². The molecular weight excluding hydrogens is 540 g/mol. The Morgan fingerprint density at radius 3 is 2.51 bits per heavy atom. The van der Waals surface area contributed by atoms with Gasteiger partial charge in [-0.3, -0.25) is 0 Å². The zero-order chi connectivity index (χ0) is 28.9. The molecule has 0 spiro atoms. The summed E-state index contributed by atoms with van der Waals surface area (Å²) in [6.45, 7) is 4.48. The van der Waals surface area contributed by atoms with E-state index in [0.717, 1.165) is 16.7 Å². The third kappa shape index (κ3) is 5.98. The number of carbonyl (C=O) groups excluding carboxylic acids is 1. The number of hydrogen-bond acceptors (Lipinski definition) is 7. The summed E-state index contributed by atoms with van der Waals surface area (Å²) in [5, 5.41) is 10.7. The number of allylic oxidation sites excluding steroid dienone is 1. The molecule has 0 fully saturated rings. The fourth-order valence-electron chi connectivity index (χ4n) is 4.64. The number of nitriles is 1. The van der Waals surface area contributed by atoms with E-state index >= 15 is 0 Å². The van der Waals surface area contributed by atoms with Crippen molar-refractivity contribution >= 4 is 17.6 Å². The standard InChI is InChI=1S/C33H27ClN2O5/c1-3-38-30-16-22(10-15-28(30)39-19-21-8-11-23(34)12-9-21)31-26-14-13-24(17-29(26)41-32(36)27(31)18-35)40-33(37)25-7-5-4-6-20(25)2/h4-17,31H,3,19,36H2,1-2H3. The van der Waals surface area contributed by atoms with Gasteiger partial charge in [-0.25, -0.2) is 4.79 Å².